The zero-order chi connectivity index (χ0) is 14.5. The number of carboxylic acid groups (broad SMARTS) is 1. The molecule has 0 atom stereocenters. The number of aryl methyl sites for hydroxylation is 2. The Labute approximate surface area is 117 Å². The highest BCUT2D eigenvalue weighted by Crippen LogP contribution is 2.23. The van der Waals surface area contributed by atoms with Crippen LogP contribution in [0.25, 0.3) is 0 Å². The molecule has 0 bridgehead atoms. The summed E-state index contributed by atoms with van der Waals surface area (Å²) in [6, 6.07) is 5.71. The van der Waals surface area contributed by atoms with Gasteiger partial charge in [-0.3, -0.25) is 14.4 Å². The summed E-state index contributed by atoms with van der Waals surface area (Å²) in [5, 5.41) is 10.7. The van der Waals surface area contributed by atoms with E-state index < -0.39 is 18.4 Å². The fraction of sp³-hybridized carbons (Fsp3) is 0.400. The Morgan fingerprint density at radius 1 is 1.10 bits per heavy atom. The summed E-state index contributed by atoms with van der Waals surface area (Å²) in [5.74, 6) is -1.59. The number of aliphatic carboxylic acids is 1. The van der Waals surface area contributed by atoms with Gasteiger partial charge in [0, 0.05) is 18.4 Å². The molecule has 0 unspecified atom stereocenters. The zero-order valence-corrected chi connectivity index (χ0v) is 11.1. The predicted octanol–water partition coefficient (Wildman–Crippen LogP) is 1.34. The minimum Gasteiger partial charge on any atom is -0.480 e. The molecule has 2 rings (SSSR count). The lowest BCUT2D eigenvalue weighted by atomic mass is 10.0. The van der Waals surface area contributed by atoms with Gasteiger partial charge < -0.3 is 10.4 Å². The van der Waals surface area contributed by atoms with Crippen LogP contribution in [-0.2, 0) is 22.4 Å². The number of hydrogen-bond acceptors (Lipinski definition) is 3. The highest BCUT2D eigenvalue weighted by atomic mass is 16.4. The molecule has 0 spiro atoms. The Hall–Kier alpha value is -2.17. The average Bonchev–Trinajstić information content (AvgIpc) is 2.89. The fourth-order valence-electron chi connectivity index (χ4n) is 2.38. The second-order valence-corrected chi connectivity index (χ2v) is 4.93. The second-order valence-electron chi connectivity index (χ2n) is 4.93. The van der Waals surface area contributed by atoms with Gasteiger partial charge in [-0.05, 0) is 36.5 Å². The van der Waals surface area contributed by atoms with E-state index in [1.807, 2.05) is 18.2 Å². The molecule has 1 aliphatic carbocycles. The molecule has 5 nitrogen and oxygen atoms in total. The van der Waals surface area contributed by atoms with Gasteiger partial charge in [-0.25, -0.2) is 0 Å². The maximum Gasteiger partial charge on any atom is 0.322 e. The maximum atomic E-state index is 12.0. The number of carbonyl (C=O) groups excluding carboxylic acids is 2. The maximum absolute atomic E-state index is 12.0. The number of carbonyl (C=O) groups is 3. The number of fused-ring (bicyclic) bond motifs is 1. The Bertz CT molecular complexity index is 551. The lowest BCUT2D eigenvalue weighted by molar-refractivity contribution is -0.137. The topological polar surface area (TPSA) is 83.5 Å². The van der Waals surface area contributed by atoms with E-state index in [9.17, 15) is 14.4 Å². The number of hydrogen-bond donors (Lipinski definition) is 2. The molecule has 1 aromatic rings. The minimum atomic E-state index is -1.09. The SMILES string of the molecule is O=C(O)CNC(=O)CCC(=O)c1ccc2c(c1)CCC2. The summed E-state index contributed by atoms with van der Waals surface area (Å²) in [5.41, 5.74) is 3.17. The van der Waals surface area contributed by atoms with Gasteiger partial charge >= 0.3 is 5.97 Å². The van der Waals surface area contributed by atoms with Gasteiger partial charge in [0.2, 0.25) is 5.91 Å². The highest BCUT2D eigenvalue weighted by Gasteiger charge is 2.15. The molecule has 5 heteroatoms. The van der Waals surface area contributed by atoms with E-state index in [-0.39, 0.29) is 18.6 Å². The Balaban J connectivity index is 1.86. The van der Waals surface area contributed by atoms with E-state index in [2.05, 4.69) is 5.32 Å². The fourth-order valence-corrected chi connectivity index (χ4v) is 2.38. The molecule has 0 aliphatic heterocycles. The number of benzene rings is 1. The Kier molecular flexibility index (Phi) is 4.50. The van der Waals surface area contributed by atoms with Crippen LogP contribution in [-0.4, -0.2) is 29.3 Å². The van der Waals surface area contributed by atoms with Gasteiger partial charge in [0.1, 0.15) is 6.54 Å². The van der Waals surface area contributed by atoms with Crippen LogP contribution in [0.3, 0.4) is 0 Å². The third kappa shape index (κ3) is 3.66. The first-order valence-corrected chi connectivity index (χ1v) is 6.70. The van der Waals surface area contributed by atoms with Crippen molar-refractivity contribution >= 4 is 17.7 Å². The van der Waals surface area contributed by atoms with Crippen LogP contribution < -0.4 is 5.32 Å². The first kappa shape index (κ1) is 14.2. The monoisotopic (exact) mass is 275 g/mol. The second kappa shape index (κ2) is 6.32. The summed E-state index contributed by atoms with van der Waals surface area (Å²) < 4.78 is 0. The van der Waals surface area contributed by atoms with Gasteiger partial charge in [-0.15, -0.1) is 0 Å². The van der Waals surface area contributed by atoms with Crippen molar-refractivity contribution in [3.63, 3.8) is 0 Å². The molecule has 1 aliphatic rings. The summed E-state index contributed by atoms with van der Waals surface area (Å²) in [6.07, 6.45) is 3.33. The van der Waals surface area contributed by atoms with Gasteiger partial charge in [0.25, 0.3) is 0 Å². The number of nitrogens with one attached hydrogen (secondary N) is 1. The summed E-state index contributed by atoms with van der Waals surface area (Å²) in [7, 11) is 0. The van der Waals surface area contributed by atoms with Crippen LogP contribution in [0.5, 0.6) is 0 Å². The summed E-state index contributed by atoms with van der Waals surface area (Å²) in [4.78, 5) is 33.6. The van der Waals surface area contributed by atoms with E-state index in [1.165, 1.54) is 11.1 Å². The number of ketones is 1. The molecule has 0 aromatic heterocycles. The standard InChI is InChI=1S/C15H17NO4/c17-13(6-7-14(18)16-9-15(19)20)12-5-4-10-2-1-3-11(10)8-12/h4-5,8H,1-3,6-7,9H2,(H,16,18)(H,19,20). The van der Waals surface area contributed by atoms with E-state index in [4.69, 9.17) is 5.11 Å². The smallest absolute Gasteiger partial charge is 0.322 e. The molecule has 0 heterocycles. The zero-order valence-electron chi connectivity index (χ0n) is 11.1. The molecule has 0 radical (unpaired) electrons. The van der Waals surface area contributed by atoms with E-state index in [0.29, 0.717) is 5.56 Å². The highest BCUT2D eigenvalue weighted by molar-refractivity contribution is 5.98. The van der Waals surface area contributed by atoms with E-state index in [1.54, 1.807) is 0 Å². The van der Waals surface area contributed by atoms with Crippen molar-refractivity contribution in [2.24, 2.45) is 0 Å². The number of carboxylic acids is 1. The van der Waals surface area contributed by atoms with Gasteiger partial charge in [-0.2, -0.15) is 0 Å². The van der Waals surface area contributed by atoms with E-state index in [0.717, 1.165) is 19.3 Å². The Morgan fingerprint density at radius 3 is 2.60 bits per heavy atom. The molecule has 106 valence electrons. The van der Waals surface area contributed by atoms with Crippen LogP contribution in [0.15, 0.2) is 18.2 Å². The Morgan fingerprint density at radius 2 is 1.85 bits per heavy atom. The van der Waals surface area contributed by atoms with Gasteiger partial charge in [0.15, 0.2) is 5.78 Å². The van der Waals surface area contributed by atoms with Gasteiger partial charge in [-0.1, -0.05) is 12.1 Å². The number of rotatable bonds is 6. The number of Topliss-reactive ketones (excluding diaryl/α,β-unsaturated/α-hetero) is 1. The molecular formula is C15H17NO4. The molecule has 0 saturated heterocycles. The molecular weight excluding hydrogens is 258 g/mol. The quantitative estimate of drug-likeness (QED) is 0.767. The third-order valence-corrected chi connectivity index (χ3v) is 3.44. The van der Waals surface area contributed by atoms with Crippen LogP contribution in [0.2, 0.25) is 0 Å². The molecule has 0 fully saturated rings. The minimum absolute atomic E-state index is 0.0171. The first-order valence-electron chi connectivity index (χ1n) is 6.70. The van der Waals surface area contributed by atoms with Crippen LogP contribution in [0, 0.1) is 0 Å². The molecule has 2 N–H and O–H groups in total. The predicted molar refractivity (Wildman–Crippen MR) is 72.7 cm³/mol. The van der Waals surface area contributed by atoms with Crippen molar-refractivity contribution in [3.05, 3.63) is 34.9 Å². The molecule has 1 aromatic carbocycles. The normalized spacial score (nSPS) is 12.8. The average molecular weight is 275 g/mol. The van der Waals surface area contributed by atoms with Crippen LogP contribution in [0.4, 0.5) is 0 Å². The first-order chi connectivity index (χ1) is 9.56. The van der Waals surface area contributed by atoms with Crippen molar-refractivity contribution in [2.75, 3.05) is 6.54 Å². The van der Waals surface area contributed by atoms with E-state index >= 15 is 0 Å². The molecule has 0 saturated carbocycles. The van der Waals surface area contributed by atoms with Crippen LogP contribution >= 0.6 is 0 Å². The van der Waals surface area contributed by atoms with Gasteiger partial charge in [0.05, 0.1) is 0 Å². The lowest BCUT2D eigenvalue weighted by Crippen LogP contribution is -2.29. The van der Waals surface area contributed by atoms with Crippen molar-refractivity contribution in [3.8, 4) is 0 Å². The van der Waals surface area contributed by atoms with Crippen molar-refractivity contribution in [1.29, 1.82) is 0 Å². The van der Waals surface area contributed by atoms with Crippen molar-refractivity contribution in [2.45, 2.75) is 32.1 Å². The van der Waals surface area contributed by atoms with Crippen molar-refractivity contribution < 1.29 is 19.5 Å². The summed E-state index contributed by atoms with van der Waals surface area (Å²) >= 11 is 0. The number of amides is 1. The summed E-state index contributed by atoms with van der Waals surface area (Å²) in [6.45, 7) is -0.411. The lowest BCUT2D eigenvalue weighted by Gasteiger charge is -2.05. The molecule has 20 heavy (non-hydrogen) atoms. The molecule has 1 amide bonds. The van der Waals surface area contributed by atoms with Crippen molar-refractivity contribution in [1.82, 2.24) is 5.32 Å². The van der Waals surface area contributed by atoms with Crippen LogP contribution in [0.1, 0.15) is 40.7 Å². The largest absolute Gasteiger partial charge is 0.480 e. The third-order valence-electron chi connectivity index (χ3n) is 3.44.